The van der Waals surface area contributed by atoms with Crippen LogP contribution in [0.3, 0.4) is 0 Å². The number of carbonyl (C=O) groups is 1. The summed E-state index contributed by atoms with van der Waals surface area (Å²) in [4.78, 5) is 10.3. The highest BCUT2D eigenvalue weighted by molar-refractivity contribution is 7.98. The largest absolute Gasteiger partial charge is 0.478 e. The molecule has 0 saturated carbocycles. The number of hydrogen-bond acceptors (Lipinski definition) is 2. The van der Waals surface area contributed by atoms with E-state index in [1.807, 2.05) is 6.92 Å². The lowest BCUT2D eigenvalue weighted by atomic mass is 10.1. The second-order valence-corrected chi connectivity index (χ2v) is 4.43. The maximum Gasteiger partial charge on any atom is 0.328 e. The third kappa shape index (κ3) is 4.06. The Bertz CT molecular complexity index is 402. The summed E-state index contributed by atoms with van der Waals surface area (Å²) in [6.45, 7) is 2.02. The van der Waals surface area contributed by atoms with Crippen LogP contribution < -0.4 is 0 Å². The van der Waals surface area contributed by atoms with E-state index in [4.69, 9.17) is 5.11 Å². The van der Waals surface area contributed by atoms with Gasteiger partial charge in [0, 0.05) is 11.8 Å². The molecule has 4 heteroatoms. The molecular formula is C12H13FO2S. The van der Waals surface area contributed by atoms with Crippen LogP contribution in [0.15, 0.2) is 24.3 Å². The predicted octanol–water partition coefficient (Wildman–Crippen LogP) is 3.18. The molecule has 0 aliphatic rings. The van der Waals surface area contributed by atoms with Gasteiger partial charge in [-0.15, -0.1) is 0 Å². The lowest BCUT2D eigenvalue weighted by Crippen LogP contribution is -1.90. The Labute approximate surface area is 98.2 Å². The molecule has 0 spiro atoms. The fourth-order valence-electron chi connectivity index (χ4n) is 1.16. The van der Waals surface area contributed by atoms with Crippen LogP contribution in [0.25, 0.3) is 6.08 Å². The molecule has 0 atom stereocenters. The lowest BCUT2D eigenvalue weighted by Gasteiger charge is -2.02. The first kappa shape index (κ1) is 12.8. The minimum atomic E-state index is -1.04. The van der Waals surface area contributed by atoms with Crippen LogP contribution in [0.5, 0.6) is 0 Å². The van der Waals surface area contributed by atoms with Gasteiger partial charge < -0.3 is 5.11 Å². The van der Waals surface area contributed by atoms with Crippen LogP contribution in [-0.2, 0) is 10.5 Å². The minimum Gasteiger partial charge on any atom is -0.478 e. The van der Waals surface area contributed by atoms with Gasteiger partial charge in [-0.1, -0.05) is 19.1 Å². The van der Waals surface area contributed by atoms with Gasteiger partial charge in [0.25, 0.3) is 0 Å². The molecule has 0 aliphatic heterocycles. The zero-order valence-corrected chi connectivity index (χ0v) is 9.76. The average Bonchev–Trinajstić information content (AvgIpc) is 2.25. The van der Waals surface area contributed by atoms with Crippen molar-refractivity contribution in [2.45, 2.75) is 12.7 Å². The highest BCUT2D eigenvalue weighted by atomic mass is 32.2. The quantitative estimate of drug-likeness (QED) is 0.803. The molecule has 0 amide bonds. The molecule has 0 saturated heterocycles. The Balaban J connectivity index is 2.78. The van der Waals surface area contributed by atoms with Crippen LogP contribution in [0.4, 0.5) is 4.39 Å². The van der Waals surface area contributed by atoms with Crippen LogP contribution >= 0.6 is 11.8 Å². The summed E-state index contributed by atoms with van der Waals surface area (Å²) in [5.41, 5.74) is 1.21. The van der Waals surface area contributed by atoms with Crippen molar-refractivity contribution in [2.24, 2.45) is 0 Å². The molecule has 0 unspecified atom stereocenters. The molecule has 0 aliphatic carbocycles. The van der Waals surface area contributed by atoms with Crippen molar-refractivity contribution in [3.8, 4) is 0 Å². The number of carboxylic acid groups (broad SMARTS) is 1. The molecule has 0 radical (unpaired) electrons. The SMILES string of the molecule is CCSCc1ccc(/C=C/C(=O)O)cc1F. The first-order valence-electron chi connectivity index (χ1n) is 4.90. The third-order valence-electron chi connectivity index (χ3n) is 1.96. The van der Waals surface area contributed by atoms with Crippen molar-refractivity contribution in [1.82, 2.24) is 0 Å². The Morgan fingerprint density at radius 2 is 2.31 bits per heavy atom. The zero-order chi connectivity index (χ0) is 12.0. The smallest absolute Gasteiger partial charge is 0.328 e. The maximum absolute atomic E-state index is 13.5. The van der Waals surface area contributed by atoms with Gasteiger partial charge in [0.05, 0.1) is 0 Å². The summed E-state index contributed by atoms with van der Waals surface area (Å²) in [5, 5.41) is 8.43. The topological polar surface area (TPSA) is 37.3 Å². The van der Waals surface area contributed by atoms with Gasteiger partial charge in [0.15, 0.2) is 0 Å². The summed E-state index contributed by atoms with van der Waals surface area (Å²) in [7, 11) is 0. The van der Waals surface area contributed by atoms with E-state index in [9.17, 15) is 9.18 Å². The lowest BCUT2D eigenvalue weighted by molar-refractivity contribution is -0.131. The van der Waals surface area contributed by atoms with Crippen LogP contribution in [0.1, 0.15) is 18.1 Å². The molecule has 0 bridgehead atoms. The van der Waals surface area contributed by atoms with Crippen molar-refractivity contribution in [3.63, 3.8) is 0 Å². The van der Waals surface area contributed by atoms with Gasteiger partial charge in [-0.25, -0.2) is 9.18 Å². The maximum atomic E-state index is 13.5. The fourth-order valence-corrected chi connectivity index (χ4v) is 1.82. The molecule has 16 heavy (non-hydrogen) atoms. The third-order valence-corrected chi connectivity index (χ3v) is 2.88. The molecule has 1 rings (SSSR count). The van der Waals surface area contributed by atoms with Crippen molar-refractivity contribution in [2.75, 3.05) is 5.75 Å². The molecular weight excluding hydrogens is 227 g/mol. The van der Waals surface area contributed by atoms with Gasteiger partial charge >= 0.3 is 5.97 Å². The Morgan fingerprint density at radius 1 is 1.56 bits per heavy atom. The Morgan fingerprint density at radius 3 is 2.88 bits per heavy atom. The van der Waals surface area contributed by atoms with Crippen molar-refractivity contribution in [3.05, 3.63) is 41.2 Å². The van der Waals surface area contributed by atoms with Gasteiger partial charge in [-0.2, -0.15) is 11.8 Å². The molecule has 1 aromatic rings. The van der Waals surface area contributed by atoms with E-state index in [0.717, 1.165) is 11.8 Å². The number of carboxylic acids is 1. The van der Waals surface area contributed by atoms with E-state index in [-0.39, 0.29) is 5.82 Å². The molecule has 1 N–H and O–H groups in total. The van der Waals surface area contributed by atoms with Crippen molar-refractivity contribution in [1.29, 1.82) is 0 Å². The van der Waals surface area contributed by atoms with E-state index < -0.39 is 5.97 Å². The number of thioether (sulfide) groups is 1. The summed E-state index contributed by atoms with van der Waals surface area (Å²) in [6, 6.07) is 4.76. The van der Waals surface area contributed by atoms with E-state index in [1.165, 1.54) is 12.1 Å². The zero-order valence-electron chi connectivity index (χ0n) is 8.94. The highest BCUT2D eigenvalue weighted by Crippen LogP contribution is 2.17. The summed E-state index contributed by atoms with van der Waals surface area (Å²) in [6.07, 6.45) is 2.37. The number of halogens is 1. The average molecular weight is 240 g/mol. The van der Waals surface area contributed by atoms with Gasteiger partial charge in [0.1, 0.15) is 5.82 Å². The number of aliphatic carboxylic acids is 1. The monoisotopic (exact) mass is 240 g/mol. The number of benzene rings is 1. The second-order valence-electron chi connectivity index (χ2n) is 3.16. The molecule has 2 nitrogen and oxygen atoms in total. The van der Waals surface area contributed by atoms with Gasteiger partial charge in [-0.3, -0.25) is 0 Å². The molecule has 0 heterocycles. The van der Waals surface area contributed by atoms with Gasteiger partial charge in [-0.05, 0) is 29.0 Å². The van der Waals surface area contributed by atoms with Crippen LogP contribution in [-0.4, -0.2) is 16.8 Å². The first-order valence-corrected chi connectivity index (χ1v) is 6.06. The van der Waals surface area contributed by atoms with Crippen LogP contribution in [0.2, 0.25) is 0 Å². The van der Waals surface area contributed by atoms with Crippen molar-refractivity contribution >= 4 is 23.8 Å². The van der Waals surface area contributed by atoms with E-state index >= 15 is 0 Å². The van der Waals surface area contributed by atoms with Crippen LogP contribution in [0, 0.1) is 5.82 Å². The summed E-state index contributed by atoms with van der Waals surface area (Å²) < 4.78 is 13.5. The van der Waals surface area contributed by atoms with E-state index in [1.54, 1.807) is 23.9 Å². The predicted molar refractivity (Wildman–Crippen MR) is 64.9 cm³/mol. The normalized spacial score (nSPS) is 10.9. The first-order chi connectivity index (χ1) is 7.63. The molecule has 0 aromatic heterocycles. The molecule has 0 fully saturated rings. The molecule has 1 aromatic carbocycles. The second kappa shape index (κ2) is 6.33. The Kier molecular flexibility index (Phi) is 5.05. The number of hydrogen-bond donors (Lipinski definition) is 1. The fraction of sp³-hybridized carbons (Fsp3) is 0.250. The van der Waals surface area contributed by atoms with Crippen molar-refractivity contribution < 1.29 is 14.3 Å². The minimum absolute atomic E-state index is 0.284. The van der Waals surface area contributed by atoms with E-state index in [2.05, 4.69) is 0 Å². The standard InChI is InChI=1S/C12H13FO2S/c1-2-16-8-10-5-3-9(7-11(10)13)4-6-12(14)15/h3-7H,2,8H2,1H3,(H,14,15)/b6-4+. The van der Waals surface area contributed by atoms with E-state index in [0.29, 0.717) is 16.9 Å². The Hall–Kier alpha value is -1.29. The summed E-state index contributed by atoms with van der Waals surface area (Å²) in [5.74, 6) is 0.269. The number of rotatable bonds is 5. The van der Waals surface area contributed by atoms with Gasteiger partial charge in [0.2, 0.25) is 0 Å². The molecule has 86 valence electrons. The highest BCUT2D eigenvalue weighted by Gasteiger charge is 2.02. The summed E-state index contributed by atoms with van der Waals surface area (Å²) >= 11 is 1.65.